The Balaban J connectivity index is 1.64. The summed E-state index contributed by atoms with van der Waals surface area (Å²) in [6, 6.07) is 8.89. The number of pyridine rings is 2. The molecule has 0 radical (unpaired) electrons. The second-order valence-corrected chi connectivity index (χ2v) is 7.51. The predicted molar refractivity (Wildman–Crippen MR) is 117 cm³/mol. The molecule has 1 saturated heterocycles. The van der Waals surface area contributed by atoms with E-state index >= 15 is 0 Å². The van der Waals surface area contributed by atoms with E-state index in [4.69, 9.17) is 0 Å². The van der Waals surface area contributed by atoms with Crippen LogP contribution in [-0.4, -0.2) is 60.4 Å². The van der Waals surface area contributed by atoms with Gasteiger partial charge in [-0.15, -0.1) is 0 Å². The molecule has 0 amide bonds. The fourth-order valence-corrected chi connectivity index (χ4v) is 3.78. The molecule has 0 atom stereocenters. The van der Waals surface area contributed by atoms with E-state index in [1.165, 1.54) is 18.5 Å². The monoisotopic (exact) mass is 380 g/mol. The number of hydrogen-bond donors (Lipinski definition) is 0. The largest absolute Gasteiger partial charge is 0.370 e. The number of anilines is 2. The van der Waals surface area contributed by atoms with Crippen molar-refractivity contribution in [2.75, 3.05) is 43.6 Å². The Morgan fingerprint density at radius 3 is 2.54 bits per heavy atom. The minimum atomic E-state index is 0.702. The highest BCUT2D eigenvalue weighted by Crippen LogP contribution is 2.23. The SMILES string of the molecule is CCN(C)C1CCN(c2ccc(N(C)/N=C(\C)c3cccnc3C)nc2)CC1. The van der Waals surface area contributed by atoms with Gasteiger partial charge in [0.1, 0.15) is 5.82 Å². The summed E-state index contributed by atoms with van der Waals surface area (Å²) in [5.74, 6) is 0.838. The summed E-state index contributed by atoms with van der Waals surface area (Å²) in [4.78, 5) is 13.9. The summed E-state index contributed by atoms with van der Waals surface area (Å²) in [5.41, 5.74) is 4.17. The van der Waals surface area contributed by atoms with E-state index in [0.29, 0.717) is 6.04 Å². The fourth-order valence-electron chi connectivity index (χ4n) is 3.78. The van der Waals surface area contributed by atoms with Gasteiger partial charge in [-0.25, -0.2) is 4.98 Å². The highest BCUT2D eigenvalue weighted by Gasteiger charge is 2.22. The quantitative estimate of drug-likeness (QED) is 0.566. The van der Waals surface area contributed by atoms with Crippen molar-refractivity contribution >= 4 is 17.2 Å². The van der Waals surface area contributed by atoms with Gasteiger partial charge in [-0.3, -0.25) is 9.99 Å². The topological polar surface area (TPSA) is 47.9 Å². The standard InChI is InChI=1S/C22H32N6/c1-6-26(4)19-11-14-28(15-12-19)20-9-10-22(24-16-20)27(5)25-18(3)21-8-7-13-23-17(21)2/h7-10,13,16,19H,6,11-12,14-15H2,1-5H3/b25-18+. The summed E-state index contributed by atoms with van der Waals surface area (Å²) in [5, 5.41) is 6.51. The minimum absolute atomic E-state index is 0.702. The molecule has 3 rings (SSSR count). The molecular weight excluding hydrogens is 348 g/mol. The van der Waals surface area contributed by atoms with Gasteiger partial charge in [-0.05, 0) is 64.5 Å². The molecule has 0 unspecified atom stereocenters. The highest BCUT2D eigenvalue weighted by molar-refractivity contribution is 5.99. The van der Waals surface area contributed by atoms with Crippen LogP contribution in [0.3, 0.4) is 0 Å². The van der Waals surface area contributed by atoms with Crippen LogP contribution in [0.5, 0.6) is 0 Å². The molecule has 0 saturated carbocycles. The van der Waals surface area contributed by atoms with Crippen molar-refractivity contribution in [3.05, 3.63) is 47.9 Å². The van der Waals surface area contributed by atoms with E-state index in [2.05, 4.69) is 44.9 Å². The van der Waals surface area contributed by atoms with Crippen LogP contribution in [0.2, 0.25) is 0 Å². The molecule has 3 heterocycles. The van der Waals surface area contributed by atoms with Crippen molar-refractivity contribution < 1.29 is 0 Å². The summed E-state index contributed by atoms with van der Waals surface area (Å²) >= 11 is 0. The van der Waals surface area contributed by atoms with Gasteiger partial charge in [0.15, 0.2) is 0 Å². The van der Waals surface area contributed by atoms with E-state index in [1.54, 1.807) is 6.20 Å². The van der Waals surface area contributed by atoms with Crippen LogP contribution in [0.1, 0.15) is 37.9 Å². The van der Waals surface area contributed by atoms with Crippen molar-refractivity contribution in [1.29, 1.82) is 0 Å². The average Bonchev–Trinajstić information content (AvgIpc) is 2.73. The van der Waals surface area contributed by atoms with E-state index in [-0.39, 0.29) is 0 Å². The summed E-state index contributed by atoms with van der Waals surface area (Å²) < 4.78 is 0. The van der Waals surface area contributed by atoms with Crippen LogP contribution in [0.4, 0.5) is 11.5 Å². The molecule has 0 N–H and O–H groups in total. The summed E-state index contributed by atoms with van der Waals surface area (Å²) in [6.45, 7) is 9.53. The Morgan fingerprint density at radius 2 is 1.93 bits per heavy atom. The number of nitrogens with zero attached hydrogens (tertiary/aromatic N) is 6. The average molecular weight is 381 g/mol. The first-order valence-electron chi connectivity index (χ1n) is 10.1. The van der Waals surface area contributed by atoms with Gasteiger partial charge in [0.05, 0.1) is 17.6 Å². The Labute approximate surface area is 168 Å². The smallest absolute Gasteiger partial charge is 0.148 e. The lowest BCUT2D eigenvalue weighted by Crippen LogP contribution is -2.43. The van der Waals surface area contributed by atoms with Gasteiger partial charge in [-0.2, -0.15) is 5.10 Å². The molecule has 2 aromatic rings. The van der Waals surface area contributed by atoms with Crippen LogP contribution in [0.25, 0.3) is 0 Å². The third kappa shape index (κ3) is 4.68. The minimum Gasteiger partial charge on any atom is -0.370 e. The maximum atomic E-state index is 4.69. The van der Waals surface area contributed by atoms with Crippen molar-refractivity contribution in [3.63, 3.8) is 0 Å². The lowest BCUT2D eigenvalue weighted by atomic mass is 10.0. The van der Waals surface area contributed by atoms with E-state index in [9.17, 15) is 0 Å². The Kier molecular flexibility index (Phi) is 6.62. The van der Waals surface area contributed by atoms with Gasteiger partial charge in [0.25, 0.3) is 0 Å². The molecule has 1 fully saturated rings. The highest BCUT2D eigenvalue weighted by atomic mass is 15.5. The van der Waals surface area contributed by atoms with Crippen LogP contribution >= 0.6 is 0 Å². The zero-order chi connectivity index (χ0) is 20.1. The van der Waals surface area contributed by atoms with Gasteiger partial charge in [0.2, 0.25) is 0 Å². The Bertz CT molecular complexity index is 793. The van der Waals surface area contributed by atoms with Gasteiger partial charge < -0.3 is 9.80 Å². The molecule has 2 aromatic heterocycles. The zero-order valence-electron chi connectivity index (χ0n) is 17.8. The first-order valence-corrected chi connectivity index (χ1v) is 10.1. The number of piperidine rings is 1. The molecule has 0 aromatic carbocycles. The molecule has 1 aliphatic heterocycles. The van der Waals surface area contributed by atoms with Crippen LogP contribution in [0.15, 0.2) is 41.8 Å². The fraction of sp³-hybridized carbons (Fsp3) is 0.500. The van der Waals surface area contributed by atoms with Crippen molar-refractivity contribution in [2.24, 2.45) is 5.10 Å². The van der Waals surface area contributed by atoms with Crippen molar-refractivity contribution in [1.82, 2.24) is 14.9 Å². The number of aryl methyl sites for hydroxylation is 1. The lowest BCUT2D eigenvalue weighted by molar-refractivity contribution is 0.217. The molecule has 6 nitrogen and oxygen atoms in total. The predicted octanol–water partition coefficient (Wildman–Crippen LogP) is 3.57. The molecule has 0 aliphatic carbocycles. The molecule has 150 valence electrons. The van der Waals surface area contributed by atoms with E-state index in [1.807, 2.05) is 50.3 Å². The van der Waals surface area contributed by atoms with Crippen molar-refractivity contribution in [3.8, 4) is 0 Å². The Hall–Kier alpha value is -2.47. The van der Waals surface area contributed by atoms with Crippen LogP contribution in [-0.2, 0) is 0 Å². The molecule has 0 spiro atoms. The third-order valence-electron chi connectivity index (χ3n) is 5.71. The maximum Gasteiger partial charge on any atom is 0.148 e. The molecule has 0 bridgehead atoms. The van der Waals surface area contributed by atoms with Gasteiger partial charge >= 0.3 is 0 Å². The van der Waals surface area contributed by atoms with Gasteiger partial charge in [0, 0.05) is 43.6 Å². The van der Waals surface area contributed by atoms with E-state index in [0.717, 1.165) is 42.4 Å². The summed E-state index contributed by atoms with van der Waals surface area (Å²) in [7, 11) is 4.16. The number of hydrogen-bond acceptors (Lipinski definition) is 6. The van der Waals surface area contributed by atoms with Crippen LogP contribution < -0.4 is 9.91 Å². The first-order chi connectivity index (χ1) is 13.5. The second-order valence-electron chi connectivity index (χ2n) is 7.51. The molecule has 28 heavy (non-hydrogen) atoms. The Morgan fingerprint density at radius 1 is 1.18 bits per heavy atom. The molecule has 1 aliphatic rings. The van der Waals surface area contributed by atoms with Crippen molar-refractivity contribution in [2.45, 2.75) is 39.7 Å². The van der Waals surface area contributed by atoms with E-state index < -0.39 is 0 Å². The lowest BCUT2D eigenvalue weighted by Gasteiger charge is -2.37. The van der Waals surface area contributed by atoms with Crippen LogP contribution in [0, 0.1) is 6.92 Å². The number of aromatic nitrogens is 2. The number of rotatable bonds is 6. The normalized spacial score (nSPS) is 15.9. The third-order valence-corrected chi connectivity index (χ3v) is 5.71. The number of hydrazone groups is 1. The second kappa shape index (κ2) is 9.15. The molecule has 6 heteroatoms. The maximum absolute atomic E-state index is 4.69. The van der Waals surface area contributed by atoms with Gasteiger partial charge in [-0.1, -0.05) is 6.92 Å². The zero-order valence-corrected chi connectivity index (χ0v) is 17.8. The summed E-state index contributed by atoms with van der Waals surface area (Å²) in [6.07, 6.45) is 6.19. The first kappa shape index (κ1) is 20.3. The molecular formula is C22H32N6.